The fourth-order valence-corrected chi connectivity index (χ4v) is 5.09. The van der Waals surface area contributed by atoms with Gasteiger partial charge in [0.25, 0.3) is 0 Å². The van der Waals surface area contributed by atoms with Crippen molar-refractivity contribution < 1.29 is 9.47 Å². The van der Waals surface area contributed by atoms with Crippen LogP contribution >= 0.6 is 0 Å². The molecule has 1 fully saturated rings. The Hall–Kier alpha value is -3.46. The summed E-state index contributed by atoms with van der Waals surface area (Å²) >= 11 is 0. The first kappa shape index (κ1) is 26.2. The standard InChI is InChI=1S/C30H38N6O2/c1-30(2,3)38-27-20-35(15-14-26(27)31-18-22-9-6-5-7-10-22)19-23-13-16-36-28(23)29(32-21-33-36)34-24-11-8-12-25(17-24)37-4/h5-13,16-17,21,26-27,31H,14-15,18-20H2,1-4H3,(H,32,33,34)/t26-,27-/m1/s1. The largest absolute Gasteiger partial charge is 0.497 e. The molecule has 0 saturated carbocycles. The van der Waals surface area contributed by atoms with Crippen LogP contribution in [-0.2, 0) is 17.8 Å². The molecule has 3 heterocycles. The fraction of sp³-hybridized carbons (Fsp3) is 0.400. The monoisotopic (exact) mass is 514 g/mol. The molecule has 2 aromatic carbocycles. The third-order valence-electron chi connectivity index (χ3n) is 6.82. The molecule has 0 radical (unpaired) electrons. The summed E-state index contributed by atoms with van der Waals surface area (Å²) in [6, 6.07) is 20.9. The average Bonchev–Trinajstić information content (AvgIpc) is 3.32. The minimum Gasteiger partial charge on any atom is -0.497 e. The van der Waals surface area contributed by atoms with Crippen LogP contribution in [0.2, 0.25) is 0 Å². The van der Waals surface area contributed by atoms with Crippen LogP contribution in [0.4, 0.5) is 11.5 Å². The molecule has 8 nitrogen and oxygen atoms in total. The Labute approximate surface area is 225 Å². The fourth-order valence-electron chi connectivity index (χ4n) is 5.09. The Balaban J connectivity index is 1.32. The number of nitrogens with zero attached hydrogens (tertiary/aromatic N) is 4. The number of rotatable bonds is 9. The van der Waals surface area contributed by atoms with Crippen molar-refractivity contribution in [1.82, 2.24) is 24.8 Å². The van der Waals surface area contributed by atoms with E-state index in [9.17, 15) is 0 Å². The number of benzene rings is 2. The van der Waals surface area contributed by atoms with Crippen molar-refractivity contribution in [1.29, 1.82) is 0 Å². The van der Waals surface area contributed by atoms with Crippen molar-refractivity contribution in [3.8, 4) is 5.75 Å². The van der Waals surface area contributed by atoms with Crippen LogP contribution in [-0.4, -0.2) is 57.4 Å². The lowest BCUT2D eigenvalue weighted by atomic mass is 9.99. The lowest BCUT2D eigenvalue weighted by molar-refractivity contribution is -0.101. The van der Waals surface area contributed by atoms with Crippen LogP contribution in [0.15, 0.2) is 73.2 Å². The maximum absolute atomic E-state index is 6.58. The molecule has 38 heavy (non-hydrogen) atoms. The Kier molecular flexibility index (Phi) is 7.93. The van der Waals surface area contributed by atoms with Gasteiger partial charge in [0.05, 0.1) is 18.8 Å². The Morgan fingerprint density at radius 3 is 2.68 bits per heavy atom. The SMILES string of the molecule is COc1cccc(Nc2ncnn3ccc(CN4CC[C@@H](NCc5ccccc5)[C@H](OC(C)(C)C)C4)c23)c1. The maximum Gasteiger partial charge on any atom is 0.158 e. The molecule has 1 aliphatic heterocycles. The smallest absolute Gasteiger partial charge is 0.158 e. The van der Waals surface area contributed by atoms with E-state index < -0.39 is 0 Å². The van der Waals surface area contributed by atoms with Gasteiger partial charge in [0, 0.05) is 50.2 Å². The Bertz CT molecular complexity index is 1330. The van der Waals surface area contributed by atoms with Gasteiger partial charge in [-0.25, -0.2) is 9.50 Å². The molecule has 0 unspecified atom stereocenters. The second kappa shape index (κ2) is 11.5. The van der Waals surface area contributed by atoms with E-state index in [1.54, 1.807) is 13.4 Å². The Morgan fingerprint density at radius 2 is 1.89 bits per heavy atom. The molecule has 0 amide bonds. The van der Waals surface area contributed by atoms with Crippen LogP contribution < -0.4 is 15.4 Å². The number of ether oxygens (including phenoxy) is 2. The zero-order valence-electron chi connectivity index (χ0n) is 22.7. The minimum absolute atomic E-state index is 0.0898. The van der Waals surface area contributed by atoms with Crippen molar-refractivity contribution in [2.75, 3.05) is 25.5 Å². The first-order chi connectivity index (χ1) is 18.4. The highest BCUT2D eigenvalue weighted by atomic mass is 16.5. The molecule has 5 rings (SSSR count). The van der Waals surface area contributed by atoms with Crippen LogP contribution in [0, 0.1) is 0 Å². The summed E-state index contributed by atoms with van der Waals surface area (Å²) in [7, 11) is 1.67. The molecule has 0 bridgehead atoms. The maximum atomic E-state index is 6.58. The summed E-state index contributed by atoms with van der Waals surface area (Å²) in [6.45, 7) is 9.89. The van der Waals surface area contributed by atoms with Gasteiger partial charge in [-0.3, -0.25) is 4.90 Å². The predicted octanol–water partition coefficient (Wildman–Crippen LogP) is 5.03. The van der Waals surface area contributed by atoms with Gasteiger partial charge in [0.1, 0.15) is 17.6 Å². The van der Waals surface area contributed by atoms with Gasteiger partial charge >= 0.3 is 0 Å². The summed E-state index contributed by atoms with van der Waals surface area (Å²) in [5.74, 6) is 1.57. The molecule has 1 aliphatic rings. The quantitative estimate of drug-likeness (QED) is 0.324. The van der Waals surface area contributed by atoms with Gasteiger partial charge in [-0.1, -0.05) is 36.4 Å². The number of hydrogen-bond donors (Lipinski definition) is 2. The van der Waals surface area contributed by atoms with Crippen molar-refractivity contribution in [3.63, 3.8) is 0 Å². The van der Waals surface area contributed by atoms with E-state index in [0.29, 0.717) is 6.04 Å². The van der Waals surface area contributed by atoms with Crippen LogP contribution in [0.3, 0.4) is 0 Å². The highest BCUT2D eigenvalue weighted by molar-refractivity contribution is 5.76. The molecule has 2 N–H and O–H groups in total. The highest BCUT2D eigenvalue weighted by Crippen LogP contribution is 2.28. The lowest BCUT2D eigenvalue weighted by Crippen LogP contribution is -2.55. The molecule has 4 aromatic rings. The number of nitrogens with one attached hydrogen (secondary N) is 2. The molecule has 200 valence electrons. The molecule has 0 aliphatic carbocycles. The summed E-state index contributed by atoms with van der Waals surface area (Å²) < 4.78 is 13.9. The second-order valence-corrected chi connectivity index (χ2v) is 10.9. The summed E-state index contributed by atoms with van der Waals surface area (Å²) in [4.78, 5) is 7.06. The molecule has 0 spiro atoms. The van der Waals surface area contributed by atoms with E-state index in [2.05, 4.69) is 82.8 Å². The van der Waals surface area contributed by atoms with E-state index in [1.165, 1.54) is 11.1 Å². The van der Waals surface area contributed by atoms with Gasteiger partial charge in [-0.2, -0.15) is 5.10 Å². The minimum atomic E-state index is -0.217. The average molecular weight is 515 g/mol. The van der Waals surface area contributed by atoms with Gasteiger partial charge in [0.15, 0.2) is 5.82 Å². The number of methoxy groups -OCH3 is 1. The summed E-state index contributed by atoms with van der Waals surface area (Å²) in [5, 5.41) is 11.7. The summed E-state index contributed by atoms with van der Waals surface area (Å²) in [6.07, 6.45) is 4.69. The van der Waals surface area contributed by atoms with E-state index in [0.717, 1.165) is 55.4 Å². The van der Waals surface area contributed by atoms with Gasteiger partial charge in [-0.05, 0) is 56.5 Å². The van der Waals surface area contributed by atoms with E-state index in [-0.39, 0.29) is 11.7 Å². The number of piperidine rings is 1. The van der Waals surface area contributed by atoms with Crippen LogP contribution in [0.1, 0.15) is 38.3 Å². The number of likely N-dealkylation sites (tertiary alicyclic amines) is 1. The summed E-state index contributed by atoms with van der Waals surface area (Å²) in [5.41, 5.74) is 4.15. The van der Waals surface area contributed by atoms with Crippen molar-refractivity contribution >= 4 is 17.0 Å². The topological polar surface area (TPSA) is 76.0 Å². The third kappa shape index (κ3) is 6.51. The van der Waals surface area contributed by atoms with Crippen LogP contribution in [0.25, 0.3) is 5.52 Å². The molecule has 2 aromatic heterocycles. The normalized spacial score (nSPS) is 18.5. The Morgan fingerprint density at radius 1 is 1.05 bits per heavy atom. The van der Waals surface area contributed by atoms with E-state index >= 15 is 0 Å². The van der Waals surface area contributed by atoms with Crippen LogP contribution in [0.5, 0.6) is 5.75 Å². The van der Waals surface area contributed by atoms with Gasteiger partial charge in [-0.15, -0.1) is 0 Å². The molecule has 8 heteroatoms. The first-order valence-corrected chi connectivity index (χ1v) is 13.3. The van der Waals surface area contributed by atoms with E-state index in [4.69, 9.17) is 9.47 Å². The number of anilines is 2. The highest BCUT2D eigenvalue weighted by Gasteiger charge is 2.33. The number of fused-ring (bicyclic) bond motifs is 1. The second-order valence-electron chi connectivity index (χ2n) is 10.9. The van der Waals surface area contributed by atoms with Crippen molar-refractivity contribution in [3.05, 3.63) is 84.3 Å². The molecular weight excluding hydrogens is 476 g/mol. The van der Waals surface area contributed by atoms with E-state index in [1.807, 2.05) is 35.0 Å². The lowest BCUT2D eigenvalue weighted by Gasteiger charge is -2.41. The molecule has 1 saturated heterocycles. The zero-order valence-corrected chi connectivity index (χ0v) is 22.7. The zero-order chi connectivity index (χ0) is 26.5. The molecular formula is C30H38N6O2. The number of hydrogen-bond acceptors (Lipinski definition) is 7. The van der Waals surface area contributed by atoms with Gasteiger partial charge < -0.3 is 20.1 Å². The number of aromatic nitrogens is 3. The molecule has 2 atom stereocenters. The van der Waals surface area contributed by atoms with Crippen molar-refractivity contribution in [2.24, 2.45) is 0 Å². The van der Waals surface area contributed by atoms with Gasteiger partial charge in [0.2, 0.25) is 0 Å². The third-order valence-corrected chi connectivity index (χ3v) is 6.82. The first-order valence-electron chi connectivity index (χ1n) is 13.3. The van der Waals surface area contributed by atoms with Crippen molar-refractivity contribution in [2.45, 2.75) is 58.0 Å². The predicted molar refractivity (Wildman–Crippen MR) is 151 cm³/mol.